The van der Waals surface area contributed by atoms with Gasteiger partial charge in [-0.05, 0) is 54.3 Å². The monoisotopic (exact) mass is 466 g/mol. The summed E-state index contributed by atoms with van der Waals surface area (Å²) in [5.41, 5.74) is 7.18. The van der Waals surface area contributed by atoms with Gasteiger partial charge in [-0.1, -0.05) is 18.9 Å². The lowest BCUT2D eigenvalue weighted by Crippen LogP contribution is -2.17. The minimum atomic E-state index is -0.560. The number of aromatic nitrogens is 3. The number of benzene rings is 2. The van der Waals surface area contributed by atoms with Gasteiger partial charge in [0.1, 0.15) is 6.33 Å². The third-order valence-electron chi connectivity index (χ3n) is 5.66. The van der Waals surface area contributed by atoms with Gasteiger partial charge in [-0.25, -0.2) is 9.67 Å². The molecule has 4 rings (SSSR count). The lowest BCUT2D eigenvalue weighted by molar-refractivity contribution is -0.384. The topological polar surface area (TPSA) is 146 Å². The van der Waals surface area contributed by atoms with Crippen molar-refractivity contribution >= 4 is 35.0 Å². The van der Waals surface area contributed by atoms with Gasteiger partial charge in [0.05, 0.1) is 10.5 Å². The van der Waals surface area contributed by atoms with E-state index in [2.05, 4.69) is 15.4 Å². The van der Waals surface area contributed by atoms with Crippen molar-refractivity contribution in [1.82, 2.24) is 14.8 Å². The molecule has 0 bridgehead atoms. The molecule has 2 amide bonds. The molecule has 1 fully saturated rings. The SMILES string of the molecule is Cn1ncnc1Sc1ccc([N+](=O)[O-])cc1C(=O)Nc1ccc(C2CCCC2)c(C(N)=O)c1. The number of rotatable bonds is 7. The number of carbonyl (C=O) groups is 2. The van der Waals surface area contributed by atoms with Gasteiger partial charge >= 0.3 is 0 Å². The lowest BCUT2D eigenvalue weighted by Gasteiger charge is -2.16. The van der Waals surface area contributed by atoms with Crippen molar-refractivity contribution in [2.24, 2.45) is 12.8 Å². The first-order chi connectivity index (χ1) is 15.8. The number of hydrogen-bond acceptors (Lipinski definition) is 7. The molecule has 3 aromatic rings. The Labute approximate surface area is 193 Å². The number of nitro benzene ring substituents is 1. The minimum absolute atomic E-state index is 0.109. The van der Waals surface area contributed by atoms with Gasteiger partial charge in [0.2, 0.25) is 5.91 Å². The summed E-state index contributed by atoms with van der Waals surface area (Å²) >= 11 is 1.17. The van der Waals surface area contributed by atoms with Crippen LogP contribution in [0.2, 0.25) is 0 Å². The average molecular weight is 467 g/mol. The molecular weight excluding hydrogens is 444 g/mol. The maximum Gasteiger partial charge on any atom is 0.270 e. The third-order valence-corrected chi connectivity index (χ3v) is 6.79. The number of non-ortho nitro benzene ring substituents is 1. The van der Waals surface area contributed by atoms with Crippen LogP contribution in [0.5, 0.6) is 0 Å². The molecule has 1 aliphatic rings. The Morgan fingerprint density at radius 1 is 1.18 bits per heavy atom. The van der Waals surface area contributed by atoms with Crippen LogP contribution in [0.1, 0.15) is 57.9 Å². The Balaban J connectivity index is 1.65. The van der Waals surface area contributed by atoms with Gasteiger partial charge in [0.15, 0.2) is 5.16 Å². The summed E-state index contributed by atoms with van der Waals surface area (Å²) in [6.07, 6.45) is 5.61. The molecule has 1 aromatic heterocycles. The molecule has 0 aliphatic heterocycles. The molecule has 11 heteroatoms. The molecule has 1 heterocycles. The van der Waals surface area contributed by atoms with Crippen LogP contribution in [0, 0.1) is 10.1 Å². The highest BCUT2D eigenvalue weighted by Crippen LogP contribution is 2.37. The Bertz CT molecular complexity index is 1240. The smallest absolute Gasteiger partial charge is 0.270 e. The highest BCUT2D eigenvalue weighted by molar-refractivity contribution is 7.99. The second kappa shape index (κ2) is 9.41. The molecule has 1 aliphatic carbocycles. The maximum atomic E-state index is 13.1. The normalized spacial score (nSPS) is 13.7. The zero-order valence-electron chi connectivity index (χ0n) is 17.9. The Morgan fingerprint density at radius 2 is 1.94 bits per heavy atom. The molecule has 10 nitrogen and oxygen atoms in total. The summed E-state index contributed by atoms with van der Waals surface area (Å²) in [7, 11) is 1.71. The lowest BCUT2D eigenvalue weighted by atomic mass is 9.92. The Morgan fingerprint density at radius 3 is 2.58 bits per heavy atom. The van der Waals surface area contributed by atoms with E-state index in [1.807, 2.05) is 6.07 Å². The van der Waals surface area contributed by atoms with Crippen molar-refractivity contribution in [3.63, 3.8) is 0 Å². The maximum absolute atomic E-state index is 13.1. The molecule has 0 radical (unpaired) electrons. The zero-order chi connectivity index (χ0) is 23.5. The van der Waals surface area contributed by atoms with Crippen molar-refractivity contribution in [3.05, 3.63) is 69.5 Å². The highest BCUT2D eigenvalue weighted by atomic mass is 32.2. The summed E-state index contributed by atoms with van der Waals surface area (Å²) in [6.45, 7) is 0. The first-order valence-electron chi connectivity index (χ1n) is 10.4. The summed E-state index contributed by atoms with van der Waals surface area (Å²) in [4.78, 5) is 40.6. The molecule has 170 valence electrons. The Hall–Kier alpha value is -3.73. The number of anilines is 1. The number of hydrogen-bond donors (Lipinski definition) is 2. The summed E-state index contributed by atoms with van der Waals surface area (Å²) in [5.74, 6) is -0.822. The van der Waals surface area contributed by atoms with Gasteiger partial charge in [0, 0.05) is 35.3 Å². The van der Waals surface area contributed by atoms with Crippen LogP contribution in [0.3, 0.4) is 0 Å². The Kier molecular flexibility index (Phi) is 6.40. The first kappa shape index (κ1) is 22.5. The molecule has 0 saturated heterocycles. The van der Waals surface area contributed by atoms with Gasteiger partial charge in [0.25, 0.3) is 11.6 Å². The number of nitrogens with two attached hydrogens (primary N) is 1. The van der Waals surface area contributed by atoms with Crippen molar-refractivity contribution in [1.29, 1.82) is 0 Å². The predicted octanol–water partition coefficient (Wildman–Crippen LogP) is 3.88. The number of nitro groups is 1. The summed E-state index contributed by atoms with van der Waals surface area (Å²) in [5, 5.41) is 18.6. The zero-order valence-corrected chi connectivity index (χ0v) is 18.7. The van der Waals surface area contributed by atoms with Crippen molar-refractivity contribution in [2.45, 2.75) is 41.7 Å². The van der Waals surface area contributed by atoms with Crippen LogP contribution in [0.15, 0.2) is 52.8 Å². The number of aryl methyl sites for hydroxylation is 1. The van der Waals surface area contributed by atoms with E-state index < -0.39 is 16.7 Å². The van der Waals surface area contributed by atoms with Crippen molar-refractivity contribution in [3.8, 4) is 0 Å². The quantitative estimate of drug-likeness (QED) is 0.397. The molecule has 1 saturated carbocycles. The largest absolute Gasteiger partial charge is 0.366 e. The molecule has 33 heavy (non-hydrogen) atoms. The molecule has 0 unspecified atom stereocenters. The number of nitrogens with one attached hydrogen (secondary N) is 1. The van der Waals surface area contributed by atoms with Gasteiger partial charge in [-0.2, -0.15) is 5.10 Å². The van der Waals surface area contributed by atoms with E-state index in [9.17, 15) is 19.7 Å². The number of primary amides is 1. The summed E-state index contributed by atoms with van der Waals surface area (Å²) < 4.78 is 1.54. The van der Waals surface area contributed by atoms with Gasteiger partial charge < -0.3 is 11.1 Å². The van der Waals surface area contributed by atoms with E-state index in [1.54, 1.807) is 19.2 Å². The molecule has 2 aromatic carbocycles. The highest BCUT2D eigenvalue weighted by Gasteiger charge is 2.23. The fourth-order valence-electron chi connectivity index (χ4n) is 4.01. The molecule has 0 spiro atoms. The average Bonchev–Trinajstić information content (AvgIpc) is 3.46. The standard InChI is InChI=1S/C22H22N6O4S/c1-27-22(24-12-25-27)33-19-9-7-15(28(31)32)11-18(19)21(30)26-14-6-8-16(13-4-2-3-5-13)17(10-14)20(23)29/h6-13H,2-5H2,1H3,(H2,23,29)(H,26,30). The number of carbonyl (C=O) groups excluding carboxylic acids is 2. The van der Waals surface area contributed by atoms with E-state index in [-0.39, 0.29) is 17.2 Å². The summed E-state index contributed by atoms with van der Waals surface area (Å²) in [6, 6.07) is 9.18. The van der Waals surface area contributed by atoms with Crippen LogP contribution in [-0.2, 0) is 7.05 Å². The fourth-order valence-corrected chi connectivity index (χ4v) is 4.89. The van der Waals surface area contributed by atoms with Gasteiger partial charge in [-0.15, -0.1) is 0 Å². The second-order valence-electron chi connectivity index (χ2n) is 7.81. The number of nitrogens with zero attached hydrogens (tertiary/aromatic N) is 4. The van der Waals surface area contributed by atoms with E-state index in [1.165, 1.54) is 41.0 Å². The van der Waals surface area contributed by atoms with Crippen LogP contribution in [0.25, 0.3) is 0 Å². The van der Waals surface area contributed by atoms with E-state index >= 15 is 0 Å². The predicted molar refractivity (Wildman–Crippen MR) is 122 cm³/mol. The number of amides is 2. The van der Waals surface area contributed by atoms with E-state index in [0.717, 1.165) is 31.2 Å². The van der Waals surface area contributed by atoms with Crippen LogP contribution >= 0.6 is 11.8 Å². The van der Waals surface area contributed by atoms with Crippen LogP contribution in [-0.4, -0.2) is 31.5 Å². The molecular formula is C22H22N6O4S. The second-order valence-corrected chi connectivity index (χ2v) is 8.82. The molecule has 3 N–H and O–H groups in total. The fraction of sp³-hybridized carbons (Fsp3) is 0.273. The van der Waals surface area contributed by atoms with Crippen LogP contribution in [0.4, 0.5) is 11.4 Å². The van der Waals surface area contributed by atoms with Crippen LogP contribution < -0.4 is 11.1 Å². The van der Waals surface area contributed by atoms with E-state index in [4.69, 9.17) is 5.73 Å². The third kappa shape index (κ3) is 4.87. The molecule has 0 atom stereocenters. The first-order valence-corrected chi connectivity index (χ1v) is 11.2. The minimum Gasteiger partial charge on any atom is -0.366 e. The van der Waals surface area contributed by atoms with Crippen molar-refractivity contribution in [2.75, 3.05) is 5.32 Å². The van der Waals surface area contributed by atoms with E-state index in [0.29, 0.717) is 21.3 Å². The van der Waals surface area contributed by atoms with Crippen molar-refractivity contribution < 1.29 is 14.5 Å². The van der Waals surface area contributed by atoms with Gasteiger partial charge in [-0.3, -0.25) is 19.7 Å².